The summed E-state index contributed by atoms with van der Waals surface area (Å²) in [5, 5.41) is 8.42. The molecule has 0 radical (unpaired) electrons. The number of hydrogen-bond acceptors (Lipinski definition) is 2. The maximum Gasteiger partial charge on any atom is 0.161 e. The smallest absolute Gasteiger partial charge is 0.161 e. The largest absolute Gasteiger partial charge is 0.294 e. The van der Waals surface area contributed by atoms with Gasteiger partial charge in [-0.3, -0.25) is 4.79 Å². The van der Waals surface area contributed by atoms with E-state index < -0.39 is 5.82 Å². The Labute approximate surface area is 79.5 Å². The molecule has 0 aliphatic rings. The SMILES string of the molecule is CC(=O)c1ccc(Cl)c(F)c1C#N. The number of Topliss-reactive ketones (excluding diaryl/α,β-unsaturated/α-hetero) is 1. The summed E-state index contributed by atoms with van der Waals surface area (Å²) < 4.78 is 13.1. The molecule has 4 heteroatoms. The third-order valence-corrected chi connectivity index (χ3v) is 1.88. The van der Waals surface area contributed by atoms with Crippen molar-refractivity contribution in [2.24, 2.45) is 0 Å². The van der Waals surface area contributed by atoms with Gasteiger partial charge in [-0.2, -0.15) is 5.26 Å². The number of hydrogen-bond donors (Lipinski definition) is 0. The summed E-state index contributed by atoms with van der Waals surface area (Å²) in [6.07, 6.45) is 0. The molecule has 0 aromatic heterocycles. The summed E-state index contributed by atoms with van der Waals surface area (Å²) in [4.78, 5) is 10.9. The van der Waals surface area contributed by atoms with Crippen molar-refractivity contribution in [1.29, 1.82) is 5.26 Å². The van der Waals surface area contributed by atoms with Gasteiger partial charge >= 0.3 is 0 Å². The van der Waals surface area contributed by atoms with Gasteiger partial charge in [-0.15, -0.1) is 0 Å². The van der Waals surface area contributed by atoms with E-state index in [1.165, 1.54) is 19.1 Å². The van der Waals surface area contributed by atoms with Crippen LogP contribution >= 0.6 is 11.6 Å². The maximum atomic E-state index is 13.1. The van der Waals surface area contributed by atoms with Gasteiger partial charge < -0.3 is 0 Å². The molecule has 0 atom stereocenters. The van der Waals surface area contributed by atoms with Gasteiger partial charge in [-0.25, -0.2) is 4.39 Å². The van der Waals surface area contributed by atoms with Crippen LogP contribution in [0.15, 0.2) is 12.1 Å². The van der Waals surface area contributed by atoms with Crippen molar-refractivity contribution in [2.45, 2.75) is 6.92 Å². The Morgan fingerprint density at radius 1 is 1.62 bits per heavy atom. The van der Waals surface area contributed by atoms with Crippen molar-refractivity contribution in [1.82, 2.24) is 0 Å². The number of carbonyl (C=O) groups is 1. The molecule has 0 aliphatic carbocycles. The number of nitrogens with zero attached hydrogens (tertiary/aromatic N) is 1. The number of carbonyl (C=O) groups excluding carboxylic acids is 1. The van der Waals surface area contributed by atoms with Gasteiger partial charge in [-0.1, -0.05) is 11.6 Å². The first-order chi connectivity index (χ1) is 6.07. The number of benzene rings is 1. The highest BCUT2D eigenvalue weighted by atomic mass is 35.5. The average Bonchev–Trinajstić information content (AvgIpc) is 2.09. The zero-order valence-corrected chi connectivity index (χ0v) is 7.52. The molecule has 0 unspecified atom stereocenters. The lowest BCUT2D eigenvalue weighted by Crippen LogP contribution is -1.99. The molecule has 0 bridgehead atoms. The third-order valence-electron chi connectivity index (χ3n) is 1.59. The molecule has 66 valence electrons. The zero-order valence-electron chi connectivity index (χ0n) is 6.77. The van der Waals surface area contributed by atoms with E-state index in [1.54, 1.807) is 6.07 Å². The lowest BCUT2D eigenvalue weighted by Gasteiger charge is -2.01. The molecule has 1 rings (SSSR count). The highest BCUT2D eigenvalue weighted by Gasteiger charge is 2.14. The quantitative estimate of drug-likeness (QED) is 0.650. The van der Waals surface area contributed by atoms with E-state index in [-0.39, 0.29) is 21.9 Å². The van der Waals surface area contributed by atoms with Gasteiger partial charge in [0, 0.05) is 5.56 Å². The predicted octanol–water partition coefficient (Wildman–Crippen LogP) is 2.55. The minimum atomic E-state index is -0.836. The first-order valence-corrected chi connectivity index (χ1v) is 3.84. The second-order valence-electron chi connectivity index (χ2n) is 2.45. The Morgan fingerprint density at radius 2 is 2.23 bits per heavy atom. The lowest BCUT2D eigenvalue weighted by molar-refractivity contribution is 0.101. The molecule has 13 heavy (non-hydrogen) atoms. The molecular formula is C9H5ClFNO. The minimum Gasteiger partial charge on any atom is -0.294 e. The Kier molecular flexibility index (Phi) is 2.64. The standard InChI is InChI=1S/C9H5ClFNO/c1-5(13)6-2-3-8(10)9(11)7(6)4-12/h2-3H,1H3. The summed E-state index contributed by atoms with van der Waals surface area (Å²) in [6, 6.07) is 4.20. The molecule has 0 aliphatic heterocycles. The van der Waals surface area contributed by atoms with Crippen molar-refractivity contribution in [3.05, 3.63) is 34.1 Å². The normalized spacial score (nSPS) is 9.38. The molecule has 1 aromatic carbocycles. The van der Waals surface area contributed by atoms with Gasteiger partial charge in [0.25, 0.3) is 0 Å². The summed E-state index contributed by atoms with van der Waals surface area (Å²) in [5.41, 5.74) is -0.232. The first kappa shape index (κ1) is 9.69. The summed E-state index contributed by atoms with van der Waals surface area (Å²) in [6.45, 7) is 1.27. The fourth-order valence-electron chi connectivity index (χ4n) is 0.953. The van der Waals surface area contributed by atoms with E-state index >= 15 is 0 Å². The molecule has 0 saturated heterocycles. The Morgan fingerprint density at radius 3 is 2.69 bits per heavy atom. The van der Waals surface area contributed by atoms with Crippen LogP contribution < -0.4 is 0 Å². The highest BCUT2D eigenvalue weighted by Crippen LogP contribution is 2.21. The van der Waals surface area contributed by atoms with Gasteiger partial charge in [0.1, 0.15) is 11.6 Å². The predicted molar refractivity (Wildman–Crippen MR) is 46.1 cm³/mol. The molecule has 1 aromatic rings. The van der Waals surface area contributed by atoms with E-state index in [2.05, 4.69) is 0 Å². The van der Waals surface area contributed by atoms with Crippen LogP contribution in [0, 0.1) is 17.1 Å². The van der Waals surface area contributed by atoms with E-state index in [0.717, 1.165) is 0 Å². The second-order valence-corrected chi connectivity index (χ2v) is 2.86. The molecule has 2 nitrogen and oxygen atoms in total. The van der Waals surface area contributed by atoms with E-state index in [1.807, 2.05) is 0 Å². The van der Waals surface area contributed by atoms with Gasteiger partial charge in [0.05, 0.1) is 5.02 Å². The summed E-state index contributed by atoms with van der Waals surface area (Å²) in [7, 11) is 0. The van der Waals surface area contributed by atoms with Gasteiger partial charge in [-0.05, 0) is 19.1 Å². The van der Waals surface area contributed by atoms with Gasteiger partial charge in [0.2, 0.25) is 0 Å². The van der Waals surface area contributed by atoms with Crippen LogP contribution in [-0.4, -0.2) is 5.78 Å². The average molecular weight is 198 g/mol. The number of halogens is 2. The zero-order chi connectivity index (χ0) is 10.0. The molecule has 0 amide bonds. The molecule has 0 spiro atoms. The molecule has 0 fully saturated rings. The van der Waals surface area contributed by atoms with Crippen LogP contribution in [0.1, 0.15) is 22.8 Å². The topological polar surface area (TPSA) is 40.9 Å². The monoisotopic (exact) mass is 197 g/mol. The molecule has 0 heterocycles. The van der Waals surface area contributed by atoms with Crippen LogP contribution in [0.5, 0.6) is 0 Å². The number of rotatable bonds is 1. The van der Waals surface area contributed by atoms with Crippen molar-refractivity contribution in [3.63, 3.8) is 0 Å². The Balaban J connectivity index is 3.50. The molecule has 0 saturated carbocycles. The van der Waals surface area contributed by atoms with E-state index in [4.69, 9.17) is 16.9 Å². The van der Waals surface area contributed by atoms with Crippen LogP contribution in [0.3, 0.4) is 0 Å². The van der Waals surface area contributed by atoms with Crippen molar-refractivity contribution in [2.75, 3.05) is 0 Å². The lowest BCUT2D eigenvalue weighted by atomic mass is 10.1. The second kappa shape index (κ2) is 3.55. The van der Waals surface area contributed by atoms with E-state index in [0.29, 0.717) is 0 Å². The Hall–Kier alpha value is -1.40. The van der Waals surface area contributed by atoms with Crippen LogP contribution in [0.4, 0.5) is 4.39 Å². The van der Waals surface area contributed by atoms with E-state index in [9.17, 15) is 9.18 Å². The summed E-state index contributed by atoms with van der Waals surface area (Å²) in [5.74, 6) is -1.19. The Bertz CT molecular complexity index is 409. The van der Waals surface area contributed by atoms with Gasteiger partial charge in [0.15, 0.2) is 11.6 Å². The molecular weight excluding hydrogens is 193 g/mol. The maximum absolute atomic E-state index is 13.1. The third kappa shape index (κ3) is 1.68. The minimum absolute atomic E-state index is 0.0596. The highest BCUT2D eigenvalue weighted by molar-refractivity contribution is 6.31. The number of ketones is 1. The number of nitriles is 1. The fraction of sp³-hybridized carbons (Fsp3) is 0.111. The molecule has 0 N–H and O–H groups in total. The first-order valence-electron chi connectivity index (χ1n) is 3.47. The van der Waals surface area contributed by atoms with Crippen LogP contribution in [-0.2, 0) is 0 Å². The van der Waals surface area contributed by atoms with Crippen LogP contribution in [0.2, 0.25) is 5.02 Å². The fourth-order valence-corrected chi connectivity index (χ4v) is 1.11. The van der Waals surface area contributed by atoms with Crippen molar-refractivity contribution < 1.29 is 9.18 Å². The van der Waals surface area contributed by atoms with Crippen molar-refractivity contribution in [3.8, 4) is 6.07 Å². The van der Waals surface area contributed by atoms with Crippen LogP contribution in [0.25, 0.3) is 0 Å². The van der Waals surface area contributed by atoms with Crippen molar-refractivity contribution >= 4 is 17.4 Å². The summed E-state index contributed by atoms with van der Waals surface area (Å²) >= 11 is 5.43.